The molecule has 2 rings (SSSR count). The average molecular weight is 409 g/mol. The number of halogens is 1. The van der Waals surface area contributed by atoms with Gasteiger partial charge in [0.25, 0.3) is 0 Å². The van der Waals surface area contributed by atoms with Crippen LogP contribution >= 0.6 is 11.6 Å². The fraction of sp³-hybridized carbons (Fsp3) is 0.350. The molecule has 146 valence electrons. The van der Waals surface area contributed by atoms with Gasteiger partial charge in [0, 0.05) is 5.02 Å². The summed E-state index contributed by atoms with van der Waals surface area (Å²) in [4.78, 5) is 12.8. The van der Waals surface area contributed by atoms with Crippen LogP contribution in [0, 0.1) is 13.8 Å². The highest BCUT2D eigenvalue weighted by molar-refractivity contribution is 7.92. The van der Waals surface area contributed by atoms with Crippen LogP contribution in [0.1, 0.15) is 36.6 Å². The lowest BCUT2D eigenvalue weighted by Crippen LogP contribution is -2.48. The molecule has 0 bridgehead atoms. The summed E-state index contributed by atoms with van der Waals surface area (Å²) in [6.07, 6.45) is 1.08. The first-order valence-corrected chi connectivity index (χ1v) is 10.9. The maximum absolute atomic E-state index is 12.8. The van der Waals surface area contributed by atoms with Gasteiger partial charge >= 0.3 is 0 Å². The number of carbonyl (C=O) groups is 1. The van der Waals surface area contributed by atoms with Crippen molar-refractivity contribution in [3.8, 4) is 0 Å². The minimum Gasteiger partial charge on any atom is -0.348 e. The number of rotatable bonds is 6. The molecular formula is C20H25ClN2O3S. The van der Waals surface area contributed by atoms with Crippen LogP contribution in [-0.4, -0.2) is 26.6 Å². The van der Waals surface area contributed by atoms with Crippen LogP contribution in [0.15, 0.2) is 42.5 Å². The molecular weight excluding hydrogens is 384 g/mol. The van der Waals surface area contributed by atoms with E-state index in [0.29, 0.717) is 10.7 Å². The topological polar surface area (TPSA) is 66.5 Å². The van der Waals surface area contributed by atoms with Gasteiger partial charge in [-0.05, 0) is 63.1 Å². The molecule has 0 unspecified atom stereocenters. The average Bonchev–Trinajstić information content (AvgIpc) is 2.57. The number of hydrogen-bond donors (Lipinski definition) is 1. The van der Waals surface area contributed by atoms with Gasteiger partial charge in [-0.1, -0.05) is 35.4 Å². The summed E-state index contributed by atoms with van der Waals surface area (Å²) in [6, 6.07) is 11.3. The molecule has 5 nitrogen and oxygen atoms in total. The van der Waals surface area contributed by atoms with Gasteiger partial charge in [-0.15, -0.1) is 0 Å². The Kier molecular flexibility index (Phi) is 6.54. The summed E-state index contributed by atoms with van der Waals surface area (Å²) in [6.45, 7) is 7.43. The minimum absolute atomic E-state index is 0.244. The van der Waals surface area contributed by atoms with Gasteiger partial charge in [0.1, 0.15) is 6.04 Å². The summed E-state index contributed by atoms with van der Waals surface area (Å²) < 4.78 is 25.8. The van der Waals surface area contributed by atoms with Crippen LogP contribution < -0.4 is 9.62 Å². The smallest absolute Gasteiger partial charge is 0.244 e. The molecule has 0 radical (unpaired) electrons. The van der Waals surface area contributed by atoms with Crippen LogP contribution in [0.25, 0.3) is 0 Å². The standard InChI is InChI=1S/C20H25ClN2O3S/c1-13-6-7-14(2)19(12-13)15(3)22-20(24)16(4)23(27(5,25)26)18-10-8-17(21)9-11-18/h6-12,15-16H,1-5H3,(H,22,24)/t15-,16-/m0/s1. The highest BCUT2D eigenvalue weighted by Crippen LogP contribution is 2.24. The number of benzene rings is 2. The van der Waals surface area contributed by atoms with E-state index in [2.05, 4.69) is 5.32 Å². The molecule has 2 aromatic carbocycles. The molecule has 0 fully saturated rings. The van der Waals surface area contributed by atoms with Crippen molar-refractivity contribution in [3.63, 3.8) is 0 Å². The van der Waals surface area contributed by atoms with Crippen molar-refractivity contribution in [1.82, 2.24) is 5.32 Å². The number of sulfonamides is 1. The third-order valence-electron chi connectivity index (χ3n) is 4.43. The first kappa shape index (κ1) is 21.3. The third kappa shape index (κ3) is 5.23. The zero-order valence-electron chi connectivity index (χ0n) is 16.2. The lowest BCUT2D eigenvalue weighted by Gasteiger charge is -2.29. The Morgan fingerprint density at radius 3 is 2.22 bits per heavy atom. The van der Waals surface area contributed by atoms with E-state index in [0.717, 1.165) is 27.3 Å². The molecule has 0 aliphatic heterocycles. The number of nitrogens with one attached hydrogen (secondary N) is 1. The number of nitrogens with zero attached hydrogens (tertiary/aromatic N) is 1. The van der Waals surface area contributed by atoms with E-state index in [-0.39, 0.29) is 11.9 Å². The van der Waals surface area contributed by atoms with E-state index in [1.807, 2.05) is 39.0 Å². The SMILES string of the molecule is Cc1ccc(C)c([C@H](C)NC(=O)[C@H](C)N(c2ccc(Cl)cc2)S(C)(=O)=O)c1. The van der Waals surface area contributed by atoms with Crippen molar-refractivity contribution >= 4 is 33.2 Å². The fourth-order valence-corrected chi connectivity index (χ4v) is 4.34. The molecule has 1 amide bonds. The summed E-state index contributed by atoms with van der Waals surface area (Å²) in [5.41, 5.74) is 3.57. The van der Waals surface area contributed by atoms with Crippen molar-refractivity contribution in [1.29, 1.82) is 0 Å². The Labute approximate surface area is 166 Å². The van der Waals surface area contributed by atoms with Crippen LogP contribution in [0.3, 0.4) is 0 Å². The molecule has 1 N–H and O–H groups in total. The largest absolute Gasteiger partial charge is 0.348 e. The third-order valence-corrected chi connectivity index (χ3v) is 5.92. The van der Waals surface area contributed by atoms with Crippen LogP contribution in [0.5, 0.6) is 0 Å². The van der Waals surface area contributed by atoms with E-state index in [1.54, 1.807) is 31.2 Å². The van der Waals surface area contributed by atoms with E-state index in [9.17, 15) is 13.2 Å². The van der Waals surface area contributed by atoms with Gasteiger partial charge in [-0.25, -0.2) is 8.42 Å². The van der Waals surface area contributed by atoms with Gasteiger partial charge < -0.3 is 5.32 Å². The van der Waals surface area contributed by atoms with E-state index < -0.39 is 16.1 Å². The monoisotopic (exact) mass is 408 g/mol. The summed E-state index contributed by atoms with van der Waals surface area (Å²) in [5, 5.41) is 3.42. The zero-order chi connectivity index (χ0) is 20.4. The molecule has 2 atom stereocenters. The predicted molar refractivity (Wildman–Crippen MR) is 111 cm³/mol. The van der Waals surface area contributed by atoms with Gasteiger partial charge in [0.05, 0.1) is 18.0 Å². The van der Waals surface area contributed by atoms with Crippen molar-refractivity contribution in [2.24, 2.45) is 0 Å². The zero-order valence-corrected chi connectivity index (χ0v) is 17.7. The molecule has 0 saturated heterocycles. The van der Waals surface area contributed by atoms with Gasteiger partial charge in [0.2, 0.25) is 15.9 Å². The Bertz CT molecular complexity index is 927. The Morgan fingerprint density at radius 1 is 1.07 bits per heavy atom. The van der Waals surface area contributed by atoms with Gasteiger partial charge in [-0.2, -0.15) is 0 Å². The number of carbonyl (C=O) groups excluding carboxylic acids is 1. The Morgan fingerprint density at radius 2 is 1.67 bits per heavy atom. The van der Waals surface area contributed by atoms with Crippen molar-refractivity contribution in [3.05, 3.63) is 64.2 Å². The normalized spacial score (nSPS) is 13.7. The lowest BCUT2D eigenvalue weighted by atomic mass is 10.00. The molecule has 0 aliphatic carbocycles. The van der Waals surface area contributed by atoms with E-state index in [1.165, 1.54) is 0 Å². The van der Waals surface area contributed by atoms with Crippen LogP contribution in [0.4, 0.5) is 5.69 Å². The highest BCUT2D eigenvalue weighted by atomic mass is 35.5. The first-order chi connectivity index (χ1) is 12.5. The molecule has 0 aliphatic rings. The van der Waals surface area contributed by atoms with Crippen LogP contribution in [0.2, 0.25) is 5.02 Å². The molecule has 0 aromatic heterocycles. The molecule has 27 heavy (non-hydrogen) atoms. The highest BCUT2D eigenvalue weighted by Gasteiger charge is 2.30. The van der Waals surface area contributed by atoms with Crippen LogP contribution in [-0.2, 0) is 14.8 Å². The molecule has 0 saturated carbocycles. The number of hydrogen-bond acceptors (Lipinski definition) is 3. The summed E-state index contributed by atoms with van der Waals surface area (Å²) >= 11 is 5.89. The number of anilines is 1. The maximum Gasteiger partial charge on any atom is 0.244 e. The van der Waals surface area contributed by atoms with Gasteiger partial charge in [-0.3, -0.25) is 9.10 Å². The fourth-order valence-electron chi connectivity index (χ4n) is 3.03. The van der Waals surface area contributed by atoms with E-state index >= 15 is 0 Å². The van der Waals surface area contributed by atoms with Crippen molar-refractivity contribution < 1.29 is 13.2 Å². The Hall–Kier alpha value is -2.05. The van der Waals surface area contributed by atoms with E-state index in [4.69, 9.17) is 11.6 Å². The quantitative estimate of drug-likeness (QED) is 0.785. The second-order valence-corrected chi connectivity index (χ2v) is 9.10. The molecule has 0 spiro atoms. The molecule has 2 aromatic rings. The first-order valence-electron chi connectivity index (χ1n) is 8.63. The molecule has 0 heterocycles. The minimum atomic E-state index is -3.66. The Balaban J connectivity index is 2.27. The van der Waals surface area contributed by atoms with Crippen molar-refractivity contribution in [2.75, 3.05) is 10.6 Å². The van der Waals surface area contributed by atoms with Crippen molar-refractivity contribution in [2.45, 2.75) is 39.8 Å². The summed E-state index contributed by atoms with van der Waals surface area (Å²) in [5.74, 6) is -0.371. The van der Waals surface area contributed by atoms with Gasteiger partial charge in [0.15, 0.2) is 0 Å². The number of aryl methyl sites for hydroxylation is 2. The second kappa shape index (κ2) is 8.31. The second-order valence-electron chi connectivity index (χ2n) is 6.80. The molecule has 7 heteroatoms. The lowest BCUT2D eigenvalue weighted by molar-refractivity contribution is -0.122. The maximum atomic E-state index is 12.8. The predicted octanol–water partition coefficient (Wildman–Crippen LogP) is 3.99. The number of amides is 1. The summed E-state index contributed by atoms with van der Waals surface area (Å²) in [7, 11) is -3.66.